The highest BCUT2D eigenvalue weighted by Crippen LogP contribution is 2.27. The SMILES string of the molecule is CCNC(=NCc1ccccc1OC1CCC1)NCCn1cccc1.I. The molecule has 5 nitrogen and oxygen atoms in total. The molecule has 1 aliphatic rings. The van der Waals surface area contributed by atoms with E-state index in [1.54, 1.807) is 0 Å². The van der Waals surface area contributed by atoms with E-state index in [0.717, 1.165) is 36.9 Å². The topological polar surface area (TPSA) is 50.6 Å². The number of benzene rings is 1. The van der Waals surface area contributed by atoms with Crippen molar-refractivity contribution < 1.29 is 4.74 Å². The van der Waals surface area contributed by atoms with Crippen LogP contribution in [0.2, 0.25) is 0 Å². The summed E-state index contributed by atoms with van der Waals surface area (Å²) in [5, 5.41) is 6.69. The lowest BCUT2D eigenvalue weighted by molar-refractivity contribution is 0.119. The third kappa shape index (κ3) is 6.23. The lowest BCUT2D eigenvalue weighted by atomic mass is 9.96. The number of aromatic nitrogens is 1. The number of nitrogens with zero attached hydrogens (tertiary/aromatic N) is 2. The van der Waals surface area contributed by atoms with Crippen molar-refractivity contribution in [3.8, 4) is 5.75 Å². The van der Waals surface area contributed by atoms with Crippen molar-refractivity contribution in [3.63, 3.8) is 0 Å². The summed E-state index contributed by atoms with van der Waals surface area (Å²) in [6.45, 7) is 5.29. The molecule has 2 N–H and O–H groups in total. The Kier molecular flexibility index (Phi) is 8.80. The van der Waals surface area contributed by atoms with Crippen molar-refractivity contribution in [1.29, 1.82) is 0 Å². The Morgan fingerprint density at radius 2 is 1.92 bits per heavy atom. The van der Waals surface area contributed by atoms with E-state index in [4.69, 9.17) is 9.73 Å². The highest BCUT2D eigenvalue weighted by atomic mass is 127. The van der Waals surface area contributed by atoms with Crippen LogP contribution in [0.25, 0.3) is 0 Å². The highest BCUT2D eigenvalue weighted by Gasteiger charge is 2.20. The molecule has 0 saturated heterocycles. The first kappa shape index (κ1) is 20.6. The van der Waals surface area contributed by atoms with Gasteiger partial charge in [-0.25, -0.2) is 4.99 Å². The molecular weight excluding hydrogens is 439 g/mol. The van der Waals surface area contributed by atoms with Crippen LogP contribution in [0.15, 0.2) is 53.8 Å². The Balaban J connectivity index is 0.00000243. The van der Waals surface area contributed by atoms with Crippen molar-refractivity contribution in [2.45, 2.75) is 45.4 Å². The van der Waals surface area contributed by atoms with Gasteiger partial charge in [0.1, 0.15) is 5.75 Å². The third-order valence-electron chi connectivity index (χ3n) is 4.40. The molecule has 1 aromatic heterocycles. The van der Waals surface area contributed by atoms with Gasteiger partial charge in [-0.2, -0.15) is 0 Å². The fourth-order valence-corrected chi connectivity index (χ4v) is 2.75. The number of hydrogen-bond donors (Lipinski definition) is 2. The van der Waals surface area contributed by atoms with Crippen molar-refractivity contribution in [2.75, 3.05) is 13.1 Å². The lowest BCUT2D eigenvalue weighted by Gasteiger charge is -2.27. The van der Waals surface area contributed by atoms with Crippen LogP contribution in [-0.4, -0.2) is 29.7 Å². The highest BCUT2D eigenvalue weighted by molar-refractivity contribution is 14.0. The van der Waals surface area contributed by atoms with E-state index >= 15 is 0 Å². The van der Waals surface area contributed by atoms with Gasteiger partial charge in [0.25, 0.3) is 0 Å². The molecule has 0 amide bonds. The van der Waals surface area contributed by atoms with Gasteiger partial charge in [-0.05, 0) is 44.4 Å². The standard InChI is InChI=1S/C20H28N4O.HI/c1-2-21-20(22-12-15-24-13-5-6-14-24)23-16-17-8-3-4-11-19(17)25-18-9-7-10-18;/h3-6,8,11,13-14,18H,2,7,9-10,12,15-16H2,1H3,(H2,21,22,23);1H. The number of guanidine groups is 1. The second-order valence-corrected chi connectivity index (χ2v) is 6.32. The number of aliphatic imine (C=N–C) groups is 1. The summed E-state index contributed by atoms with van der Waals surface area (Å²) in [4.78, 5) is 4.72. The zero-order valence-corrected chi connectivity index (χ0v) is 17.7. The molecule has 1 heterocycles. The molecule has 3 rings (SSSR count). The van der Waals surface area contributed by atoms with Crippen molar-refractivity contribution in [1.82, 2.24) is 15.2 Å². The van der Waals surface area contributed by atoms with Crippen LogP contribution in [0, 0.1) is 0 Å². The molecule has 1 fully saturated rings. The maximum atomic E-state index is 6.09. The quantitative estimate of drug-likeness (QED) is 0.352. The van der Waals surface area contributed by atoms with Crippen LogP contribution in [0.4, 0.5) is 0 Å². The molecule has 0 aliphatic heterocycles. The molecular formula is C20H29IN4O. The van der Waals surface area contributed by atoms with E-state index in [1.807, 2.05) is 24.3 Å². The molecule has 0 spiro atoms. The van der Waals surface area contributed by atoms with Crippen LogP contribution in [0.3, 0.4) is 0 Å². The molecule has 1 aromatic carbocycles. The molecule has 1 saturated carbocycles. The van der Waals surface area contributed by atoms with Crippen LogP contribution < -0.4 is 15.4 Å². The summed E-state index contributed by atoms with van der Waals surface area (Å²) >= 11 is 0. The van der Waals surface area contributed by atoms with Gasteiger partial charge in [0, 0.05) is 37.6 Å². The Morgan fingerprint density at radius 3 is 2.62 bits per heavy atom. The van der Waals surface area contributed by atoms with Crippen molar-refractivity contribution >= 4 is 29.9 Å². The van der Waals surface area contributed by atoms with Crippen LogP contribution in [0.1, 0.15) is 31.7 Å². The minimum atomic E-state index is 0. The van der Waals surface area contributed by atoms with Gasteiger partial charge in [0.15, 0.2) is 5.96 Å². The largest absolute Gasteiger partial charge is 0.490 e. The first-order chi connectivity index (χ1) is 12.3. The van der Waals surface area contributed by atoms with E-state index in [9.17, 15) is 0 Å². The zero-order chi connectivity index (χ0) is 17.3. The predicted octanol–water partition coefficient (Wildman–Crippen LogP) is 3.79. The maximum absolute atomic E-state index is 6.09. The number of hydrogen-bond acceptors (Lipinski definition) is 2. The summed E-state index contributed by atoms with van der Waals surface area (Å²) in [6.07, 6.45) is 8.14. The average molecular weight is 468 g/mol. The van der Waals surface area contributed by atoms with Gasteiger partial charge < -0.3 is 19.9 Å². The van der Waals surface area contributed by atoms with E-state index < -0.39 is 0 Å². The normalized spacial score (nSPS) is 14.3. The smallest absolute Gasteiger partial charge is 0.191 e. The van der Waals surface area contributed by atoms with Gasteiger partial charge in [0.05, 0.1) is 12.6 Å². The van der Waals surface area contributed by atoms with Gasteiger partial charge in [-0.15, -0.1) is 24.0 Å². The van der Waals surface area contributed by atoms with Crippen LogP contribution in [0.5, 0.6) is 5.75 Å². The number of halogens is 1. The summed E-state index contributed by atoms with van der Waals surface area (Å²) in [5.41, 5.74) is 1.14. The molecule has 2 aromatic rings. The Bertz CT molecular complexity index is 668. The summed E-state index contributed by atoms with van der Waals surface area (Å²) < 4.78 is 8.24. The zero-order valence-electron chi connectivity index (χ0n) is 15.4. The first-order valence-corrected chi connectivity index (χ1v) is 9.22. The molecule has 0 radical (unpaired) electrons. The van der Waals surface area contributed by atoms with Crippen LogP contribution >= 0.6 is 24.0 Å². The minimum absolute atomic E-state index is 0. The predicted molar refractivity (Wildman–Crippen MR) is 117 cm³/mol. The van der Waals surface area contributed by atoms with Gasteiger partial charge in [0.2, 0.25) is 0 Å². The Labute approximate surface area is 173 Å². The van der Waals surface area contributed by atoms with Crippen LogP contribution in [-0.2, 0) is 13.1 Å². The van der Waals surface area contributed by atoms with Crippen molar-refractivity contribution in [3.05, 3.63) is 54.4 Å². The van der Waals surface area contributed by atoms with Gasteiger partial charge in [-0.3, -0.25) is 0 Å². The first-order valence-electron chi connectivity index (χ1n) is 9.22. The number of para-hydroxylation sites is 1. The van der Waals surface area contributed by atoms with E-state index in [1.165, 1.54) is 19.3 Å². The fraction of sp³-hybridized carbons (Fsp3) is 0.450. The van der Waals surface area contributed by atoms with Gasteiger partial charge >= 0.3 is 0 Å². The maximum Gasteiger partial charge on any atom is 0.191 e. The molecule has 0 unspecified atom stereocenters. The Hall–Kier alpha value is -1.70. The minimum Gasteiger partial charge on any atom is -0.490 e. The summed E-state index contributed by atoms with van der Waals surface area (Å²) in [5.74, 6) is 1.81. The number of ether oxygens (including phenoxy) is 1. The summed E-state index contributed by atoms with van der Waals surface area (Å²) in [7, 11) is 0. The average Bonchev–Trinajstić information content (AvgIpc) is 3.10. The molecule has 0 atom stereocenters. The monoisotopic (exact) mass is 468 g/mol. The summed E-state index contributed by atoms with van der Waals surface area (Å²) in [6, 6.07) is 12.3. The van der Waals surface area contributed by atoms with E-state index in [0.29, 0.717) is 12.6 Å². The molecule has 26 heavy (non-hydrogen) atoms. The van der Waals surface area contributed by atoms with Gasteiger partial charge in [-0.1, -0.05) is 18.2 Å². The van der Waals surface area contributed by atoms with E-state index in [-0.39, 0.29) is 24.0 Å². The second kappa shape index (κ2) is 11.1. The fourth-order valence-electron chi connectivity index (χ4n) is 2.75. The molecule has 142 valence electrons. The second-order valence-electron chi connectivity index (χ2n) is 6.32. The number of nitrogens with one attached hydrogen (secondary N) is 2. The lowest BCUT2D eigenvalue weighted by Crippen LogP contribution is -2.38. The molecule has 1 aliphatic carbocycles. The number of rotatable bonds is 8. The third-order valence-corrected chi connectivity index (χ3v) is 4.40. The molecule has 6 heteroatoms. The van der Waals surface area contributed by atoms with Crippen molar-refractivity contribution in [2.24, 2.45) is 4.99 Å². The Morgan fingerprint density at radius 1 is 1.15 bits per heavy atom. The molecule has 0 bridgehead atoms. The van der Waals surface area contributed by atoms with E-state index in [2.05, 4.69) is 46.7 Å².